The highest BCUT2D eigenvalue weighted by atomic mass is 16.3. The van der Waals surface area contributed by atoms with Crippen LogP contribution in [0.1, 0.15) is 24.0 Å². The summed E-state index contributed by atoms with van der Waals surface area (Å²) >= 11 is 0. The molecule has 1 N–H and O–H groups in total. The maximum absolute atomic E-state index is 11.1. The molecule has 8 rings (SSSR count). The smallest absolute Gasteiger partial charge is 0.0546 e. The highest BCUT2D eigenvalue weighted by Crippen LogP contribution is 2.38. The standard InChI is InChI=1S/C37H28O/c38-31(19-15-23-7-9-29-13-11-25-3-1-5-27-17-21-32(23)36(29)34(25)27)20-16-24-8-10-30-14-12-26-4-2-6-28-18-22-33(24)37(30)35(26)28/h1-14,17-18,21-22,31,38H,15-16,19-20H2. The van der Waals surface area contributed by atoms with E-state index in [1.807, 2.05) is 0 Å². The van der Waals surface area contributed by atoms with Crippen LogP contribution < -0.4 is 0 Å². The lowest BCUT2D eigenvalue weighted by atomic mass is 9.89. The molecule has 8 aromatic rings. The van der Waals surface area contributed by atoms with Crippen molar-refractivity contribution in [1.82, 2.24) is 0 Å². The minimum absolute atomic E-state index is 0.327. The first-order valence-electron chi connectivity index (χ1n) is 13.7. The molecule has 0 fully saturated rings. The van der Waals surface area contributed by atoms with E-state index in [0.717, 1.165) is 25.7 Å². The molecule has 0 radical (unpaired) electrons. The van der Waals surface area contributed by atoms with Gasteiger partial charge in [0.25, 0.3) is 0 Å². The molecule has 0 aliphatic rings. The fourth-order valence-electron chi connectivity index (χ4n) is 6.82. The van der Waals surface area contributed by atoms with Crippen molar-refractivity contribution in [3.05, 3.63) is 120 Å². The van der Waals surface area contributed by atoms with Crippen LogP contribution in [0.15, 0.2) is 109 Å². The van der Waals surface area contributed by atoms with E-state index in [1.54, 1.807) is 0 Å². The van der Waals surface area contributed by atoms with Gasteiger partial charge < -0.3 is 5.11 Å². The second kappa shape index (κ2) is 8.41. The summed E-state index contributed by atoms with van der Waals surface area (Å²) in [6.07, 6.45) is 2.99. The number of aliphatic hydroxyl groups is 1. The average molecular weight is 489 g/mol. The molecular formula is C37H28O. The van der Waals surface area contributed by atoms with Crippen LogP contribution in [0.4, 0.5) is 0 Å². The Balaban J connectivity index is 1.06. The molecule has 0 aromatic heterocycles. The summed E-state index contributed by atoms with van der Waals surface area (Å²) in [4.78, 5) is 0. The van der Waals surface area contributed by atoms with E-state index < -0.39 is 0 Å². The molecule has 182 valence electrons. The van der Waals surface area contributed by atoms with Gasteiger partial charge in [-0.2, -0.15) is 0 Å². The van der Waals surface area contributed by atoms with Gasteiger partial charge >= 0.3 is 0 Å². The zero-order valence-electron chi connectivity index (χ0n) is 21.2. The van der Waals surface area contributed by atoms with Crippen LogP contribution in [0.5, 0.6) is 0 Å². The van der Waals surface area contributed by atoms with Gasteiger partial charge in [0.15, 0.2) is 0 Å². The Bertz CT molecular complexity index is 1920. The lowest BCUT2D eigenvalue weighted by Gasteiger charge is -2.16. The number of aryl methyl sites for hydroxylation is 2. The average Bonchev–Trinajstić information content (AvgIpc) is 2.97. The molecule has 0 unspecified atom stereocenters. The van der Waals surface area contributed by atoms with Crippen LogP contribution in [-0.4, -0.2) is 11.2 Å². The lowest BCUT2D eigenvalue weighted by molar-refractivity contribution is 0.155. The summed E-state index contributed by atoms with van der Waals surface area (Å²) in [6, 6.07) is 40.1. The monoisotopic (exact) mass is 488 g/mol. The number of aliphatic hydroxyl groups excluding tert-OH is 1. The van der Waals surface area contributed by atoms with Gasteiger partial charge in [-0.15, -0.1) is 0 Å². The summed E-state index contributed by atoms with van der Waals surface area (Å²) in [5, 5.41) is 26.9. The maximum atomic E-state index is 11.1. The molecule has 1 heteroatoms. The van der Waals surface area contributed by atoms with Gasteiger partial charge in [-0.05, 0) is 101 Å². The second-order valence-electron chi connectivity index (χ2n) is 10.9. The SMILES string of the molecule is OC(CCc1ccc2ccc3cccc4ccc1c2c34)CCc1ccc2ccc3cccc4ccc1c2c34. The van der Waals surface area contributed by atoms with E-state index in [1.165, 1.54) is 75.8 Å². The molecule has 0 aliphatic carbocycles. The summed E-state index contributed by atoms with van der Waals surface area (Å²) in [6.45, 7) is 0. The first-order valence-corrected chi connectivity index (χ1v) is 13.7. The van der Waals surface area contributed by atoms with Crippen molar-refractivity contribution in [1.29, 1.82) is 0 Å². The van der Waals surface area contributed by atoms with Crippen molar-refractivity contribution in [3.63, 3.8) is 0 Å². The molecule has 0 saturated carbocycles. The minimum atomic E-state index is -0.327. The van der Waals surface area contributed by atoms with Crippen LogP contribution in [0.25, 0.3) is 64.6 Å². The second-order valence-corrected chi connectivity index (χ2v) is 10.9. The molecule has 1 nitrogen and oxygen atoms in total. The van der Waals surface area contributed by atoms with Gasteiger partial charge in [0.05, 0.1) is 6.10 Å². The summed E-state index contributed by atoms with van der Waals surface area (Å²) < 4.78 is 0. The van der Waals surface area contributed by atoms with Crippen LogP contribution in [0.2, 0.25) is 0 Å². The third-order valence-corrected chi connectivity index (χ3v) is 8.73. The topological polar surface area (TPSA) is 20.2 Å². The third-order valence-electron chi connectivity index (χ3n) is 8.73. The molecule has 0 saturated heterocycles. The predicted molar refractivity (Wildman–Crippen MR) is 163 cm³/mol. The van der Waals surface area contributed by atoms with Crippen LogP contribution in [0, 0.1) is 0 Å². The molecule has 8 aromatic carbocycles. The quantitative estimate of drug-likeness (QED) is 0.231. The molecule has 0 spiro atoms. The van der Waals surface area contributed by atoms with E-state index in [-0.39, 0.29) is 6.10 Å². The molecule has 0 bridgehead atoms. The number of hydrogen-bond acceptors (Lipinski definition) is 1. The van der Waals surface area contributed by atoms with E-state index in [0.29, 0.717) is 0 Å². The first kappa shape index (κ1) is 21.8. The Morgan fingerprint density at radius 3 is 1.16 bits per heavy atom. The van der Waals surface area contributed by atoms with Gasteiger partial charge in [-0.3, -0.25) is 0 Å². The van der Waals surface area contributed by atoms with Crippen LogP contribution in [-0.2, 0) is 12.8 Å². The van der Waals surface area contributed by atoms with Crippen molar-refractivity contribution in [3.8, 4) is 0 Å². The fraction of sp³-hybridized carbons (Fsp3) is 0.135. The van der Waals surface area contributed by atoms with Crippen molar-refractivity contribution in [2.24, 2.45) is 0 Å². The van der Waals surface area contributed by atoms with Gasteiger partial charge in [-0.1, -0.05) is 109 Å². The third kappa shape index (κ3) is 3.29. The summed E-state index contributed by atoms with van der Waals surface area (Å²) in [5.41, 5.74) is 2.66. The summed E-state index contributed by atoms with van der Waals surface area (Å²) in [5.74, 6) is 0. The Hall–Kier alpha value is -4.20. The number of benzene rings is 8. The Morgan fingerprint density at radius 2 is 0.737 bits per heavy atom. The van der Waals surface area contributed by atoms with Crippen molar-refractivity contribution >= 4 is 64.6 Å². The number of hydrogen-bond donors (Lipinski definition) is 1. The van der Waals surface area contributed by atoms with Crippen LogP contribution >= 0.6 is 0 Å². The van der Waals surface area contributed by atoms with Gasteiger partial charge in [0, 0.05) is 0 Å². The highest BCUT2D eigenvalue weighted by molar-refractivity contribution is 6.24. The highest BCUT2D eigenvalue weighted by Gasteiger charge is 2.14. The minimum Gasteiger partial charge on any atom is -0.393 e. The largest absolute Gasteiger partial charge is 0.393 e. The van der Waals surface area contributed by atoms with Crippen molar-refractivity contribution in [2.45, 2.75) is 31.8 Å². The Morgan fingerprint density at radius 1 is 0.395 bits per heavy atom. The van der Waals surface area contributed by atoms with E-state index in [4.69, 9.17) is 0 Å². The summed E-state index contributed by atoms with van der Waals surface area (Å²) in [7, 11) is 0. The Labute approximate surface area is 221 Å². The van der Waals surface area contributed by atoms with E-state index in [2.05, 4.69) is 109 Å². The Kier molecular flexibility index (Phi) is 4.83. The molecule has 38 heavy (non-hydrogen) atoms. The normalized spacial score (nSPS) is 12.5. The van der Waals surface area contributed by atoms with Crippen molar-refractivity contribution in [2.75, 3.05) is 0 Å². The number of rotatable bonds is 6. The first-order chi connectivity index (χ1) is 18.7. The lowest BCUT2D eigenvalue weighted by Crippen LogP contribution is -2.10. The van der Waals surface area contributed by atoms with Gasteiger partial charge in [0.1, 0.15) is 0 Å². The van der Waals surface area contributed by atoms with Crippen molar-refractivity contribution < 1.29 is 5.11 Å². The van der Waals surface area contributed by atoms with Gasteiger partial charge in [-0.25, -0.2) is 0 Å². The zero-order valence-corrected chi connectivity index (χ0v) is 21.2. The molecule has 0 amide bonds. The van der Waals surface area contributed by atoms with Crippen LogP contribution in [0.3, 0.4) is 0 Å². The van der Waals surface area contributed by atoms with E-state index >= 15 is 0 Å². The predicted octanol–water partition coefficient (Wildman–Crippen LogP) is 9.41. The molecule has 0 heterocycles. The van der Waals surface area contributed by atoms with Gasteiger partial charge in [0.2, 0.25) is 0 Å². The zero-order chi connectivity index (χ0) is 25.2. The molecule has 0 atom stereocenters. The molecular weight excluding hydrogens is 460 g/mol. The van der Waals surface area contributed by atoms with E-state index in [9.17, 15) is 5.11 Å². The maximum Gasteiger partial charge on any atom is 0.0546 e. The molecule has 0 aliphatic heterocycles. The fourth-order valence-corrected chi connectivity index (χ4v) is 6.82.